The fourth-order valence-corrected chi connectivity index (χ4v) is 3.96. The maximum absolute atomic E-state index is 5.23. The molecule has 25 heavy (non-hydrogen) atoms. The molecule has 4 rings (SSSR count). The van der Waals surface area contributed by atoms with Crippen molar-refractivity contribution in [2.24, 2.45) is 0 Å². The van der Waals surface area contributed by atoms with Gasteiger partial charge in [-0.15, -0.1) is 11.3 Å². The molecule has 0 spiro atoms. The maximum Gasteiger partial charge on any atom is 0.254 e. The average molecular weight is 359 g/mol. The minimum Gasteiger partial charge on any atom is -0.378 e. The molecule has 0 aromatic carbocycles. The molecular weight excluding hydrogens is 338 g/mol. The predicted molar refractivity (Wildman–Crippen MR) is 95.8 cm³/mol. The van der Waals surface area contributed by atoms with Crippen LogP contribution in [0.1, 0.15) is 23.7 Å². The van der Waals surface area contributed by atoms with Gasteiger partial charge in [0, 0.05) is 50.9 Å². The van der Waals surface area contributed by atoms with Gasteiger partial charge in [0.2, 0.25) is 0 Å². The lowest BCUT2D eigenvalue weighted by molar-refractivity contribution is 0.181. The Bertz CT molecular complexity index is 826. The molecular formula is C16H21N7OS. The van der Waals surface area contributed by atoms with Gasteiger partial charge in [-0.2, -0.15) is 14.6 Å². The lowest BCUT2D eigenvalue weighted by atomic mass is 10.2. The molecule has 0 N–H and O–H groups in total. The van der Waals surface area contributed by atoms with Crippen molar-refractivity contribution in [1.29, 1.82) is 0 Å². The van der Waals surface area contributed by atoms with Gasteiger partial charge in [-0.25, -0.2) is 9.97 Å². The second-order valence-corrected chi connectivity index (χ2v) is 7.01. The second kappa shape index (κ2) is 7.03. The van der Waals surface area contributed by atoms with E-state index in [-0.39, 0.29) is 0 Å². The third-order valence-electron chi connectivity index (χ3n) is 4.57. The van der Waals surface area contributed by atoms with E-state index in [0.29, 0.717) is 18.4 Å². The van der Waals surface area contributed by atoms with E-state index in [1.807, 2.05) is 17.6 Å². The number of hydrogen-bond donors (Lipinski definition) is 0. The number of fused-ring (bicyclic) bond motifs is 1. The summed E-state index contributed by atoms with van der Waals surface area (Å²) in [4.78, 5) is 18.0. The summed E-state index contributed by atoms with van der Waals surface area (Å²) in [5.41, 5.74) is 0.872. The quantitative estimate of drug-likeness (QED) is 0.685. The summed E-state index contributed by atoms with van der Waals surface area (Å²) in [5.74, 6) is 1.64. The smallest absolute Gasteiger partial charge is 0.254 e. The number of aromatic nitrogens is 5. The Morgan fingerprint density at radius 1 is 1.24 bits per heavy atom. The van der Waals surface area contributed by atoms with E-state index >= 15 is 0 Å². The summed E-state index contributed by atoms with van der Waals surface area (Å²) in [5, 5.41) is 7.55. The van der Waals surface area contributed by atoms with Crippen LogP contribution >= 0.6 is 11.3 Å². The van der Waals surface area contributed by atoms with Crippen LogP contribution in [-0.2, 0) is 11.3 Å². The zero-order valence-electron chi connectivity index (χ0n) is 14.4. The summed E-state index contributed by atoms with van der Waals surface area (Å²) < 4.78 is 7.04. The van der Waals surface area contributed by atoms with Crippen molar-refractivity contribution >= 4 is 22.9 Å². The van der Waals surface area contributed by atoms with Crippen molar-refractivity contribution in [2.45, 2.75) is 19.6 Å². The van der Waals surface area contributed by atoms with Crippen LogP contribution in [-0.4, -0.2) is 62.8 Å². The van der Waals surface area contributed by atoms with E-state index in [1.165, 1.54) is 5.01 Å². The first-order chi connectivity index (χ1) is 12.3. The highest BCUT2D eigenvalue weighted by Crippen LogP contribution is 2.25. The zero-order valence-corrected chi connectivity index (χ0v) is 15.2. The number of piperazine rings is 1. The largest absolute Gasteiger partial charge is 0.378 e. The van der Waals surface area contributed by atoms with Gasteiger partial charge in [0.05, 0.1) is 18.3 Å². The van der Waals surface area contributed by atoms with E-state index in [0.717, 1.165) is 37.7 Å². The lowest BCUT2D eigenvalue weighted by Gasteiger charge is -2.38. The van der Waals surface area contributed by atoms with Crippen molar-refractivity contribution in [3.05, 3.63) is 34.7 Å². The van der Waals surface area contributed by atoms with Crippen LogP contribution < -0.4 is 4.90 Å². The summed E-state index contributed by atoms with van der Waals surface area (Å²) >= 11 is 1.72. The summed E-state index contributed by atoms with van der Waals surface area (Å²) in [7, 11) is 1.67. The standard InChI is InChI=1S/C16H21N7OS/c1-12(15-17-3-8-25-15)21-4-6-22(7-5-21)14-9-13(10-24-2)20-16-18-11-19-23(14)16/h3,8-9,11-12H,4-7,10H2,1-2H3. The molecule has 0 saturated carbocycles. The molecule has 4 heterocycles. The Hall–Kier alpha value is -2.10. The number of nitrogens with zero attached hydrogens (tertiary/aromatic N) is 7. The molecule has 0 amide bonds. The molecule has 3 aromatic rings. The number of rotatable bonds is 5. The molecule has 1 aliphatic heterocycles. The molecule has 8 nitrogen and oxygen atoms in total. The molecule has 1 saturated heterocycles. The van der Waals surface area contributed by atoms with Gasteiger partial charge in [-0.1, -0.05) is 0 Å². The van der Waals surface area contributed by atoms with Crippen LogP contribution in [0.15, 0.2) is 24.0 Å². The summed E-state index contributed by atoms with van der Waals surface area (Å²) in [6.07, 6.45) is 3.42. The average Bonchev–Trinajstić information content (AvgIpc) is 3.32. The zero-order chi connectivity index (χ0) is 17.2. The maximum atomic E-state index is 5.23. The van der Waals surface area contributed by atoms with Crippen molar-refractivity contribution in [1.82, 2.24) is 29.5 Å². The molecule has 3 aromatic heterocycles. The molecule has 0 bridgehead atoms. The van der Waals surface area contributed by atoms with Crippen molar-refractivity contribution in [2.75, 3.05) is 38.2 Å². The van der Waals surface area contributed by atoms with E-state index in [2.05, 4.69) is 36.8 Å². The van der Waals surface area contributed by atoms with Crippen LogP contribution in [0.2, 0.25) is 0 Å². The number of methoxy groups -OCH3 is 1. The number of hydrogen-bond acceptors (Lipinski definition) is 8. The monoisotopic (exact) mass is 359 g/mol. The van der Waals surface area contributed by atoms with Crippen LogP contribution in [0, 0.1) is 0 Å². The summed E-state index contributed by atoms with van der Waals surface area (Å²) in [6, 6.07) is 2.40. The first-order valence-electron chi connectivity index (χ1n) is 8.33. The van der Waals surface area contributed by atoms with E-state index < -0.39 is 0 Å². The molecule has 1 fully saturated rings. The second-order valence-electron chi connectivity index (χ2n) is 6.08. The Balaban J connectivity index is 1.52. The Labute approximate surface area is 150 Å². The van der Waals surface area contributed by atoms with Crippen molar-refractivity contribution in [3.8, 4) is 0 Å². The number of ether oxygens (including phenoxy) is 1. The highest BCUT2D eigenvalue weighted by atomic mass is 32.1. The van der Waals surface area contributed by atoms with Gasteiger partial charge in [0.1, 0.15) is 17.2 Å². The highest BCUT2D eigenvalue weighted by Gasteiger charge is 2.25. The van der Waals surface area contributed by atoms with Gasteiger partial charge in [0.25, 0.3) is 5.78 Å². The SMILES string of the molecule is COCc1cc(N2CCN(C(C)c3nccs3)CC2)n2ncnc2n1. The normalized spacial score (nSPS) is 17.3. The van der Waals surface area contributed by atoms with Crippen molar-refractivity contribution in [3.63, 3.8) is 0 Å². The molecule has 1 atom stereocenters. The third-order valence-corrected chi connectivity index (χ3v) is 5.52. The van der Waals surface area contributed by atoms with Gasteiger partial charge in [-0.05, 0) is 6.92 Å². The highest BCUT2D eigenvalue weighted by molar-refractivity contribution is 7.09. The van der Waals surface area contributed by atoms with E-state index in [4.69, 9.17) is 4.74 Å². The van der Waals surface area contributed by atoms with Crippen LogP contribution in [0.3, 0.4) is 0 Å². The summed E-state index contributed by atoms with van der Waals surface area (Å²) in [6.45, 7) is 6.53. The molecule has 9 heteroatoms. The van der Waals surface area contributed by atoms with Crippen LogP contribution in [0.4, 0.5) is 5.82 Å². The minimum atomic E-state index is 0.357. The first-order valence-corrected chi connectivity index (χ1v) is 9.21. The third kappa shape index (κ3) is 3.22. The van der Waals surface area contributed by atoms with Crippen LogP contribution in [0.5, 0.6) is 0 Å². The Morgan fingerprint density at radius 3 is 2.80 bits per heavy atom. The molecule has 132 valence electrons. The number of thiazole rings is 1. The van der Waals surface area contributed by atoms with Gasteiger partial charge >= 0.3 is 0 Å². The fraction of sp³-hybridized carbons (Fsp3) is 0.500. The number of anilines is 1. The predicted octanol–water partition coefficient (Wildman–Crippen LogP) is 1.61. The van der Waals surface area contributed by atoms with Gasteiger partial charge in [0.15, 0.2) is 0 Å². The minimum absolute atomic E-state index is 0.357. The lowest BCUT2D eigenvalue weighted by Crippen LogP contribution is -2.47. The molecule has 1 aliphatic rings. The van der Waals surface area contributed by atoms with Crippen molar-refractivity contribution < 1.29 is 4.74 Å². The van der Waals surface area contributed by atoms with E-state index in [9.17, 15) is 0 Å². The van der Waals surface area contributed by atoms with Gasteiger partial charge < -0.3 is 9.64 Å². The topological polar surface area (TPSA) is 71.7 Å². The molecule has 0 radical (unpaired) electrons. The first kappa shape index (κ1) is 16.4. The van der Waals surface area contributed by atoms with E-state index in [1.54, 1.807) is 29.3 Å². The molecule has 1 unspecified atom stereocenters. The fourth-order valence-electron chi connectivity index (χ4n) is 3.23. The Kier molecular flexibility index (Phi) is 4.60. The van der Waals surface area contributed by atoms with Crippen LogP contribution in [0.25, 0.3) is 5.78 Å². The van der Waals surface area contributed by atoms with Gasteiger partial charge in [-0.3, -0.25) is 4.90 Å². The molecule has 0 aliphatic carbocycles. The Morgan fingerprint density at radius 2 is 2.08 bits per heavy atom.